The van der Waals surface area contributed by atoms with Gasteiger partial charge in [0.1, 0.15) is 0 Å². The van der Waals surface area contributed by atoms with E-state index in [-0.39, 0.29) is 0 Å². The SMILES string of the molecule is COC(=O)C(Cl)c1cc(C)ccc1C. The van der Waals surface area contributed by atoms with Crippen molar-refractivity contribution in [3.63, 3.8) is 0 Å². The lowest BCUT2D eigenvalue weighted by atomic mass is 10.0. The lowest BCUT2D eigenvalue weighted by Gasteiger charge is -2.11. The molecule has 2 nitrogen and oxygen atoms in total. The molecule has 0 saturated carbocycles. The van der Waals surface area contributed by atoms with Gasteiger partial charge in [0, 0.05) is 0 Å². The topological polar surface area (TPSA) is 26.3 Å². The smallest absolute Gasteiger partial charge is 0.328 e. The third kappa shape index (κ3) is 2.26. The Kier molecular flexibility index (Phi) is 3.53. The minimum Gasteiger partial charge on any atom is -0.468 e. The fourth-order valence-electron chi connectivity index (χ4n) is 1.26. The van der Waals surface area contributed by atoms with Crippen molar-refractivity contribution in [1.29, 1.82) is 0 Å². The Hall–Kier alpha value is -1.02. The van der Waals surface area contributed by atoms with Crippen molar-refractivity contribution >= 4 is 17.6 Å². The second-order valence-corrected chi connectivity index (χ2v) is 3.68. The fourth-order valence-corrected chi connectivity index (χ4v) is 1.59. The van der Waals surface area contributed by atoms with Gasteiger partial charge in [-0.15, -0.1) is 11.6 Å². The first-order valence-corrected chi connectivity index (χ1v) is 4.79. The van der Waals surface area contributed by atoms with Crippen LogP contribution in [0.3, 0.4) is 0 Å². The molecule has 76 valence electrons. The molecular weight excluding hydrogens is 200 g/mol. The highest BCUT2D eigenvalue weighted by atomic mass is 35.5. The van der Waals surface area contributed by atoms with Crippen LogP contribution in [0, 0.1) is 13.8 Å². The highest BCUT2D eigenvalue weighted by Crippen LogP contribution is 2.25. The van der Waals surface area contributed by atoms with Gasteiger partial charge in [0.05, 0.1) is 7.11 Å². The molecule has 3 heteroatoms. The summed E-state index contributed by atoms with van der Waals surface area (Å²) < 4.78 is 4.59. The summed E-state index contributed by atoms with van der Waals surface area (Å²) >= 11 is 5.96. The number of esters is 1. The number of rotatable bonds is 2. The van der Waals surface area contributed by atoms with Crippen molar-refractivity contribution in [2.24, 2.45) is 0 Å². The molecule has 0 aliphatic rings. The zero-order valence-electron chi connectivity index (χ0n) is 8.50. The lowest BCUT2D eigenvalue weighted by Crippen LogP contribution is -2.10. The summed E-state index contributed by atoms with van der Waals surface area (Å²) in [4.78, 5) is 11.2. The van der Waals surface area contributed by atoms with Crippen molar-refractivity contribution < 1.29 is 9.53 Å². The van der Waals surface area contributed by atoms with Gasteiger partial charge in [-0.05, 0) is 25.0 Å². The molecule has 1 atom stereocenters. The van der Waals surface area contributed by atoms with E-state index in [0.717, 1.165) is 16.7 Å². The average Bonchev–Trinajstić information content (AvgIpc) is 2.19. The molecule has 0 aliphatic heterocycles. The number of aryl methyl sites for hydroxylation is 2. The molecule has 1 aromatic carbocycles. The van der Waals surface area contributed by atoms with Crippen LogP contribution < -0.4 is 0 Å². The summed E-state index contributed by atoms with van der Waals surface area (Å²) in [5, 5.41) is -0.708. The lowest BCUT2D eigenvalue weighted by molar-refractivity contribution is -0.140. The summed E-state index contributed by atoms with van der Waals surface area (Å²) in [6.45, 7) is 3.89. The minimum absolute atomic E-state index is 0.416. The molecule has 0 aromatic heterocycles. The molecule has 1 rings (SSSR count). The van der Waals surface area contributed by atoms with E-state index < -0.39 is 11.3 Å². The number of benzene rings is 1. The van der Waals surface area contributed by atoms with Crippen LogP contribution in [0.15, 0.2) is 18.2 Å². The molecule has 14 heavy (non-hydrogen) atoms. The summed E-state index contributed by atoms with van der Waals surface area (Å²) in [5.41, 5.74) is 2.90. The van der Waals surface area contributed by atoms with Crippen molar-refractivity contribution in [1.82, 2.24) is 0 Å². The van der Waals surface area contributed by atoms with Gasteiger partial charge < -0.3 is 4.74 Å². The molecule has 0 bridgehead atoms. The van der Waals surface area contributed by atoms with E-state index in [0.29, 0.717) is 0 Å². The number of hydrogen-bond acceptors (Lipinski definition) is 2. The highest BCUT2D eigenvalue weighted by Gasteiger charge is 2.19. The number of alkyl halides is 1. The van der Waals surface area contributed by atoms with E-state index in [2.05, 4.69) is 4.74 Å². The Bertz CT molecular complexity index is 347. The maximum absolute atomic E-state index is 11.2. The molecule has 0 radical (unpaired) electrons. The maximum atomic E-state index is 11.2. The number of hydrogen-bond donors (Lipinski definition) is 0. The molecule has 0 fully saturated rings. The van der Waals surface area contributed by atoms with Gasteiger partial charge in [-0.3, -0.25) is 4.79 Å². The van der Waals surface area contributed by atoms with E-state index in [1.54, 1.807) is 0 Å². The van der Waals surface area contributed by atoms with Crippen LogP contribution in [-0.2, 0) is 9.53 Å². The van der Waals surface area contributed by atoms with Gasteiger partial charge in [-0.25, -0.2) is 0 Å². The predicted octanol–water partition coefficient (Wildman–Crippen LogP) is 2.76. The Balaban J connectivity index is 3.05. The van der Waals surface area contributed by atoms with Gasteiger partial charge in [0.2, 0.25) is 0 Å². The molecular formula is C11H13ClO2. The minimum atomic E-state index is -0.708. The van der Waals surface area contributed by atoms with E-state index in [9.17, 15) is 4.79 Å². The second kappa shape index (κ2) is 4.47. The highest BCUT2D eigenvalue weighted by molar-refractivity contribution is 6.30. The third-order valence-corrected chi connectivity index (χ3v) is 2.53. The first-order chi connectivity index (χ1) is 6.56. The normalized spacial score (nSPS) is 12.3. The maximum Gasteiger partial charge on any atom is 0.328 e. The molecule has 0 spiro atoms. The number of ether oxygens (including phenoxy) is 1. The van der Waals surface area contributed by atoms with Crippen LogP contribution >= 0.6 is 11.6 Å². The van der Waals surface area contributed by atoms with E-state index >= 15 is 0 Å². The fraction of sp³-hybridized carbons (Fsp3) is 0.364. The zero-order chi connectivity index (χ0) is 10.7. The average molecular weight is 213 g/mol. The van der Waals surface area contributed by atoms with E-state index in [1.165, 1.54) is 7.11 Å². The van der Waals surface area contributed by atoms with Gasteiger partial charge in [-0.2, -0.15) is 0 Å². The zero-order valence-corrected chi connectivity index (χ0v) is 9.26. The Morgan fingerprint density at radius 1 is 1.43 bits per heavy atom. The quantitative estimate of drug-likeness (QED) is 0.557. The van der Waals surface area contributed by atoms with Gasteiger partial charge >= 0.3 is 5.97 Å². The van der Waals surface area contributed by atoms with Crippen molar-refractivity contribution in [2.75, 3.05) is 7.11 Å². The molecule has 0 heterocycles. The summed E-state index contributed by atoms with van der Waals surface area (Å²) in [6.07, 6.45) is 0. The Morgan fingerprint density at radius 2 is 2.07 bits per heavy atom. The van der Waals surface area contributed by atoms with E-state index in [1.807, 2.05) is 32.0 Å². The monoisotopic (exact) mass is 212 g/mol. The molecule has 0 saturated heterocycles. The van der Waals surface area contributed by atoms with Crippen LogP contribution in [0.2, 0.25) is 0 Å². The molecule has 0 aliphatic carbocycles. The summed E-state index contributed by atoms with van der Waals surface area (Å²) in [6, 6.07) is 5.84. The summed E-state index contributed by atoms with van der Waals surface area (Å²) in [7, 11) is 1.34. The number of halogens is 1. The second-order valence-electron chi connectivity index (χ2n) is 3.25. The largest absolute Gasteiger partial charge is 0.468 e. The van der Waals surface area contributed by atoms with E-state index in [4.69, 9.17) is 11.6 Å². The first-order valence-electron chi connectivity index (χ1n) is 4.35. The van der Waals surface area contributed by atoms with Crippen LogP contribution in [0.25, 0.3) is 0 Å². The third-order valence-electron chi connectivity index (χ3n) is 2.12. The first kappa shape index (κ1) is 11.1. The number of carbonyl (C=O) groups excluding carboxylic acids is 1. The summed E-state index contributed by atoms with van der Waals surface area (Å²) in [5.74, 6) is -0.416. The van der Waals surface area contributed by atoms with Crippen LogP contribution in [0.4, 0.5) is 0 Å². The van der Waals surface area contributed by atoms with Gasteiger partial charge in [0.15, 0.2) is 5.38 Å². The van der Waals surface area contributed by atoms with Gasteiger partial charge in [-0.1, -0.05) is 23.8 Å². The number of carbonyl (C=O) groups is 1. The molecule has 1 unspecified atom stereocenters. The standard InChI is InChI=1S/C11H13ClO2/c1-7-4-5-8(2)9(6-7)10(12)11(13)14-3/h4-6,10H,1-3H3. The number of methoxy groups -OCH3 is 1. The van der Waals surface area contributed by atoms with Crippen LogP contribution in [0.1, 0.15) is 22.1 Å². The van der Waals surface area contributed by atoms with Crippen molar-refractivity contribution in [3.05, 3.63) is 34.9 Å². The van der Waals surface area contributed by atoms with Crippen molar-refractivity contribution in [3.8, 4) is 0 Å². The van der Waals surface area contributed by atoms with Crippen LogP contribution in [0.5, 0.6) is 0 Å². The Morgan fingerprint density at radius 3 is 2.64 bits per heavy atom. The molecule has 1 aromatic rings. The molecule has 0 N–H and O–H groups in total. The van der Waals surface area contributed by atoms with Gasteiger partial charge in [0.25, 0.3) is 0 Å². The molecule has 0 amide bonds. The van der Waals surface area contributed by atoms with Crippen LogP contribution in [-0.4, -0.2) is 13.1 Å². The Labute approximate surface area is 88.8 Å². The predicted molar refractivity (Wildman–Crippen MR) is 56.5 cm³/mol. The van der Waals surface area contributed by atoms with Crippen molar-refractivity contribution in [2.45, 2.75) is 19.2 Å².